The highest BCUT2D eigenvalue weighted by molar-refractivity contribution is 6.35. The van der Waals surface area contributed by atoms with Gasteiger partial charge in [0.15, 0.2) is 18.1 Å². The van der Waals surface area contributed by atoms with Crippen LogP contribution in [0.2, 0.25) is 10.0 Å². The summed E-state index contributed by atoms with van der Waals surface area (Å²) in [6.07, 6.45) is 0.446. The number of aryl methyl sites for hydroxylation is 1. The first-order chi connectivity index (χ1) is 13.9. The van der Waals surface area contributed by atoms with E-state index in [2.05, 4.69) is 5.32 Å². The lowest BCUT2D eigenvalue weighted by atomic mass is 10.1. The minimum absolute atomic E-state index is 0.0733. The molecule has 0 atom stereocenters. The Bertz CT molecular complexity index is 862. The van der Waals surface area contributed by atoms with Crippen molar-refractivity contribution in [2.24, 2.45) is 0 Å². The van der Waals surface area contributed by atoms with Gasteiger partial charge in [0.1, 0.15) is 0 Å². The molecule has 0 fully saturated rings. The molecule has 0 spiro atoms. The lowest BCUT2D eigenvalue weighted by Crippen LogP contribution is -2.21. The van der Waals surface area contributed by atoms with Crippen LogP contribution in [0.25, 0.3) is 0 Å². The highest BCUT2D eigenvalue weighted by Crippen LogP contribution is 2.38. The monoisotopic (exact) mass is 441 g/mol. The number of benzene rings is 2. The van der Waals surface area contributed by atoms with E-state index in [1.807, 2.05) is 0 Å². The molecule has 2 aromatic rings. The molecule has 0 aromatic heterocycles. The van der Waals surface area contributed by atoms with Crippen LogP contribution < -0.4 is 19.5 Å². The Labute approximate surface area is 178 Å². The normalized spacial score (nSPS) is 10.2. The number of hydrogen-bond donors (Lipinski definition) is 1. The predicted octanol–water partition coefficient (Wildman–Crippen LogP) is 4.13. The lowest BCUT2D eigenvalue weighted by Gasteiger charge is -2.14. The van der Waals surface area contributed by atoms with E-state index in [-0.39, 0.29) is 6.42 Å². The molecule has 0 unspecified atom stereocenters. The SMILES string of the molecule is COc1cc(CCC(=O)OCC(=O)Nc2cc(Cl)ccc2Cl)cc(OC)c1OC. The van der Waals surface area contributed by atoms with Crippen LogP contribution in [-0.4, -0.2) is 39.8 Å². The molecule has 29 heavy (non-hydrogen) atoms. The largest absolute Gasteiger partial charge is 0.493 e. The lowest BCUT2D eigenvalue weighted by molar-refractivity contribution is -0.147. The molecular weight excluding hydrogens is 421 g/mol. The molecule has 2 aromatic carbocycles. The van der Waals surface area contributed by atoms with Crippen molar-refractivity contribution in [2.45, 2.75) is 12.8 Å². The van der Waals surface area contributed by atoms with E-state index >= 15 is 0 Å². The van der Waals surface area contributed by atoms with Crippen molar-refractivity contribution in [3.05, 3.63) is 45.9 Å². The molecule has 9 heteroatoms. The van der Waals surface area contributed by atoms with Gasteiger partial charge in [-0.05, 0) is 42.3 Å². The van der Waals surface area contributed by atoms with E-state index < -0.39 is 18.5 Å². The number of esters is 1. The number of hydrogen-bond acceptors (Lipinski definition) is 6. The molecule has 0 saturated carbocycles. The van der Waals surface area contributed by atoms with Gasteiger partial charge in [0.05, 0.1) is 32.0 Å². The number of halogens is 2. The second-order valence-electron chi connectivity index (χ2n) is 5.87. The number of nitrogens with one attached hydrogen (secondary N) is 1. The number of rotatable bonds is 9. The maximum atomic E-state index is 12.0. The third kappa shape index (κ3) is 6.44. The summed E-state index contributed by atoms with van der Waals surface area (Å²) in [7, 11) is 4.54. The maximum Gasteiger partial charge on any atom is 0.306 e. The summed E-state index contributed by atoms with van der Waals surface area (Å²) >= 11 is 11.8. The molecule has 7 nitrogen and oxygen atoms in total. The van der Waals surface area contributed by atoms with E-state index in [9.17, 15) is 9.59 Å². The van der Waals surface area contributed by atoms with Crippen molar-refractivity contribution in [3.8, 4) is 17.2 Å². The molecule has 156 valence electrons. The quantitative estimate of drug-likeness (QED) is 0.588. The Morgan fingerprint density at radius 2 is 1.62 bits per heavy atom. The smallest absolute Gasteiger partial charge is 0.306 e. The summed E-state index contributed by atoms with van der Waals surface area (Å²) in [6, 6.07) is 8.17. The van der Waals surface area contributed by atoms with Crippen molar-refractivity contribution < 1.29 is 28.5 Å². The van der Waals surface area contributed by atoms with Crippen molar-refractivity contribution in [1.82, 2.24) is 0 Å². The van der Waals surface area contributed by atoms with Crippen LogP contribution in [0.5, 0.6) is 17.2 Å². The zero-order valence-corrected chi connectivity index (χ0v) is 17.7. The van der Waals surface area contributed by atoms with Crippen LogP contribution in [0.4, 0.5) is 5.69 Å². The fourth-order valence-corrected chi connectivity index (χ4v) is 2.86. The van der Waals surface area contributed by atoms with Gasteiger partial charge in [0.2, 0.25) is 5.75 Å². The minimum Gasteiger partial charge on any atom is -0.493 e. The van der Waals surface area contributed by atoms with Gasteiger partial charge in [0, 0.05) is 11.4 Å². The summed E-state index contributed by atoms with van der Waals surface area (Å²) in [5.74, 6) is 0.417. The van der Waals surface area contributed by atoms with Gasteiger partial charge in [-0.3, -0.25) is 9.59 Å². The molecule has 0 aliphatic rings. The number of ether oxygens (including phenoxy) is 4. The fourth-order valence-electron chi connectivity index (χ4n) is 2.52. The third-order valence-electron chi connectivity index (χ3n) is 3.91. The minimum atomic E-state index is -0.522. The van der Waals surface area contributed by atoms with Gasteiger partial charge in [-0.15, -0.1) is 0 Å². The van der Waals surface area contributed by atoms with E-state index in [1.54, 1.807) is 24.3 Å². The second-order valence-corrected chi connectivity index (χ2v) is 6.71. The Kier molecular flexibility index (Phi) is 8.42. The van der Waals surface area contributed by atoms with E-state index in [0.29, 0.717) is 39.4 Å². The number of carbonyl (C=O) groups is 2. The van der Waals surface area contributed by atoms with E-state index in [1.165, 1.54) is 27.4 Å². The van der Waals surface area contributed by atoms with Crippen LogP contribution in [-0.2, 0) is 20.7 Å². The first-order valence-electron chi connectivity index (χ1n) is 8.57. The van der Waals surface area contributed by atoms with Gasteiger partial charge in [0.25, 0.3) is 5.91 Å². The molecular formula is C20H21Cl2NO6. The van der Waals surface area contributed by atoms with Crippen LogP contribution in [0.15, 0.2) is 30.3 Å². The van der Waals surface area contributed by atoms with Gasteiger partial charge in [-0.25, -0.2) is 0 Å². The fraction of sp³-hybridized carbons (Fsp3) is 0.300. The van der Waals surface area contributed by atoms with Gasteiger partial charge in [-0.1, -0.05) is 23.2 Å². The average Bonchev–Trinajstić information content (AvgIpc) is 2.72. The summed E-state index contributed by atoms with van der Waals surface area (Å²) in [5.41, 5.74) is 1.14. The topological polar surface area (TPSA) is 83.1 Å². The number of anilines is 1. The number of carbonyl (C=O) groups excluding carboxylic acids is 2. The van der Waals surface area contributed by atoms with Crippen molar-refractivity contribution in [2.75, 3.05) is 33.3 Å². The Morgan fingerprint density at radius 1 is 0.966 bits per heavy atom. The first-order valence-corrected chi connectivity index (χ1v) is 9.33. The summed E-state index contributed by atoms with van der Waals surface area (Å²) in [6.45, 7) is -0.434. The highest BCUT2D eigenvalue weighted by atomic mass is 35.5. The van der Waals surface area contributed by atoms with Gasteiger partial charge >= 0.3 is 5.97 Å². The molecule has 0 heterocycles. The summed E-state index contributed by atoms with van der Waals surface area (Å²) in [5, 5.41) is 3.30. The van der Waals surface area contributed by atoms with E-state index in [4.69, 9.17) is 42.1 Å². The Hall–Kier alpha value is -2.64. The van der Waals surface area contributed by atoms with Crippen LogP contribution in [0, 0.1) is 0 Å². The molecule has 0 bridgehead atoms. The summed E-state index contributed by atoms with van der Waals surface area (Å²) < 4.78 is 20.8. The summed E-state index contributed by atoms with van der Waals surface area (Å²) in [4.78, 5) is 23.9. The number of amides is 1. The standard InChI is InChI=1S/C20H21Cl2NO6/c1-26-16-8-12(9-17(27-2)20(16)28-3)4-7-19(25)29-11-18(24)23-15-10-13(21)5-6-14(15)22/h5-6,8-10H,4,7,11H2,1-3H3,(H,23,24). The van der Waals surface area contributed by atoms with Crippen LogP contribution in [0.1, 0.15) is 12.0 Å². The molecule has 2 rings (SSSR count). The Morgan fingerprint density at radius 3 is 2.21 bits per heavy atom. The van der Waals surface area contributed by atoms with Crippen LogP contribution >= 0.6 is 23.2 Å². The van der Waals surface area contributed by atoms with Gasteiger partial charge < -0.3 is 24.3 Å². The molecule has 0 aliphatic carbocycles. The third-order valence-corrected chi connectivity index (χ3v) is 4.47. The first kappa shape index (κ1) is 22.6. The Balaban J connectivity index is 1.88. The zero-order chi connectivity index (χ0) is 21.4. The van der Waals surface area contributed by atoms with Crippen LogP contribution in [0.3, 0.4) is 0 Å². The number of methoxy groups -OCH3 is 3. The average molecular weight is 442 g/mol. The molecule has 0 saturated heterocycles. The molecule has 1 amide bonds. The highest BCUT2D eigenvalue weighted by Gasteiger charge is 2.15. The van der Waals surface area contributed by atoms with Crippen molar-refractivity contribution in [3.63, 3.8) is 0 Å². The van der Waals surface area contributed by atoms with Crippen molar-refractivity contribution in [1.29, 1.82) is 0 Å². The van der Waals surface area contributed by atoms with E-state index in [0.717, 1.165) is 5.56 Å². The zero-order valence-electron chi connectivity index (χ0n) is 16.2. The van der Waals surface area contributed by atoms with Crippen molar-refractivity contribution >= 4 is 40.8 Å². The maximum absolute atomic E-state index is 12.0. The van der Waals surface area contributed by atoms with Gasteiger partial charge in [-0.2, -0.15) is 0 Å². The molecule has 0 radical (unpaired) electrons. The molecule has 1 N–H and O–H groups in total. The predicted molar refractivity (Wildman–Crippen MR) is 110 cm³/mol. The molecule has 0 aliphatic heterocycles. The second kappa shape index (κ2) is 10.8.